The second kappa shape index (κ2) is 19.6. The van der Waals surface area contributed by atoms with Gasteiger partial charge in [0, 0.05) is 32.7 Å². The summed E-state index contributed by atoms with van der Waals surface area (Å²) in [4.78, 5) is 22.0. The van der Waals surface area contributed by atoms with Crippen molar-refractivity contribution in [3.05, 3.63) is 277 Å². The lowest BCUT2D eigenvalue weighted by molar-refractivity contribution is 1.33. The summed E-state index contributed by atoms with van der Waals surface area (Å²) in [5.74, 6) is 0. The van der Waals surface area contributed by atoms with Crippen molar-refractivity contribution >= 4 is 67.9 Å². The van der Waals surface area contributed by atoms with Crippen LogP contribution in [0.15, 0.2) is 249 Å². The first kappa shape index (κ1) is 45.0. The van der Waals surface area contributed by atoms with Crippen molar-refractivity contribution in [1.29, 1.82) is 0 Å². The number of hydrogen-bond donors (Lipinski definition) is 0. The zero-order chi connectivity index (χ0) is 50.1. The third kappa shape index (κ3) is 8.85. The Kier molecular flexibility index (Phi) is 11.8. The van der Waals surface area contributed by atoms with E-state index in [1.54, 1.807) is 0 Å². The Bertz CT molecular complexity index is 4310. The second-order valence-electron chi connectivity index (χ2n) is 19.0. The van der Waals surface area contributed by atoms with Crippen molar-refractivity contribution in [2.24, 2.45) is 0 Å². The zero-order valence-corrected chi connectivity index (χ0v) is 41.3. The molecule has 0 radical (unpaired) electrons. The summed E-state index contributed by atoms with van der Waals surface area (Å²) in [5.41, 5.74) is 21.2. The van der Waals surface area contributed by atoms with Gasteiger partial charge in [-0.3, -0.25) is 0 Å². The molecule has 9 aromatic carbocycles. The van der Waals surface area contributed by atoms with Crippen LogP contribution in [0.3, 0.4) is 0 Å². The van der Waals surface area contributed by atoms with Crippen molar-refractivity contribution in [3.8, 4) is 67.0 Å². The van der Waals surface area contributed by atoms with Crippen LogP contribution in [-0.4, -0.2) is 19.9 Å². The molecular weight excluding hydrogens is 909 g/mol. The standard InChI is InChI=1S/C71H48N4/c1-47-42-54(66-45-64(52-28-16-6-17-29-52)60-40-38-58-62(50-24-12-4-13-25-50)43-55(72-68(58)70(60)74-66)35-32-48-20-8-2-9-21-48)34-37-57(47)67-46-65(53-30-18-7-19-31-53)61-41-39-59-63(51-26-14-5-15-27-51)44-56(73-69(59)71(61)75-67)36-33-49-22-10-3-11-23-49/h2-46H,1H3. The van der Waals surface area contributed by atoms with Crippen LogP contribution in [0.5, 0.6) is 0 Å². The highest BCUT2D eigenvalue weighted by Gasteiger charge is 2.20. The average Bonchev–Trinajstić information content (AvgIpc) is 3.50. The number of pyridine rings is 4. The monoisotopic (exact) mass is 956 g/mol. The van der Waals surface area contributed by atoms with Gasteiger partial charge in [0.2, 0.25) is 0 Å². The van der Waals surface area contributed by atoms with E-state index < -0.39 is 0 Å². The first-order valence-electron chi connectivity index (χ1n) is 25.4. The first-order valence-corrected chi connectivity index (χ1v) is 25.4. The van der Waals surface area contributed by atoms with E-state index in [0.717, 1.165) is 139 Å². The number of hydrogen-bond acceptors (Lipinski definition) is 4. The third-order valence-corrected chi connectivity index (χ3v) is 14.2. The maximum absolute atomic E-state index is 5.61. The van der Waals surface area contributed by atoms with Crippen molar-refractivity contribution in [2.45, 2.75) is 6.92 Å². The van der Waals surface area contributed by atoms with E-state index in [-0.39, 0.29) is 0 Å². The Morgan fingerprint density at radius 3 is 0.973 bits per heavy atom. The van der Waals surface area contributed by atoms with Crippen LogP contribution in [-0.2, 0) is 0 Å². The SMILES string of the molecule is Cc1cc(-c2cc(-c3ccccc3)c3ccc4c(-c5ccccc5)cc(C=Cc5ccccc5)nc4c3n2)ccc1-c1cc(-c2ccccc2)c2ccc3c(-c4ccccc4)cc(C=Cc4ccccc4)nc3c2n1. The molecule has 0 N–H and O–H groups in total. The summed E-state index contributed by atoms with van der Waals surface area (Å²) in [6.07, 6.45) is 8.47. The van der Waals surface area contributed by atoms with Gasteiger partial charge in [-0.25, -0.2) is 19.9 Å². The van der Waals surface area contributed by atoms with Gasteiger partial charge >= 0.3 is 0 Å². The summed E-state index contributed by atoms with van der Waals surface area (Å²) >= 11 is 0. The lowest BCUT2D eigenvalue weighted by Gasteiger charge is -2.16. The molecule has 13 rings (SSSR count). The fraction of sp³-hybridized carbons (Fsp3) is 0.0141. The van der Waals surface area contributed by atoms with E-state index in [9.17, 15) is 0 Å². The zero-order valence-electron chi connectivity index (χ0n) is 41.3. The van der Waals surface area contributed by atoms with Crippen LogP contribution < -0.4 is 0 Å². The van der Waals surface area contributed by atoms with Gasteiger partial charge in [-0.2, -0.15) is 0 Å². The summed E-state index contributed by atoms with van der Waals surface area (Å²) < 4.78 is 0. The van der Waals surface area contributed by atoms with Crippen LogP contribution in [0.4, 0.5) is 0 Å². The van der Waals surface area contributed by atoms with Gasteiger partial charge in [0.05, 0.1) is 44.8 Å². The Morgan fingerprint density at radius 1 is 0.253 bits per heavy atom. The van der Waals surface area contributed by atoms with Gasteiger partial charge < -0.3 is 0 Å². The molecule has 4 heteroatoms. The number of aromatic nitrogens is 4. The highest BCUT2D eigenvalue weighted by molar-refractivity contribution is 6.14. The number of rotatable bonds is 10. The van der Waals surface area contributed by atoms with E-state index in [4.69, 9.17) is 19.9 Å². The molecule has 0 amide bonds. The molecule has 0 fully saturated rings. The molecule has 0 aliphatic heterocycles. The molecule has 13 aromatic rings. The van der Waals surface area contributed by atoms with Crippen molar-refractivity contribution in [1.82, 2.24) is 19.9 Å². The highest BCUT2D eigenvalue weighted by atomic mass is 14.8. The molecular formula is C71H48N4. The lowest BCUT2D eigenvalue weighted by Crippen LogP contribution is -1.97. The average molecular weight is 957 g/mol. The molecule has 0 aliphatic rings. The molecule has 0 saturated carbocycles. The molecule has 0 spiro atoms. The fourth-order valence-corrected chi connectivity index (χ4v) is 10.5. The van der Waals surface area contributed by atoms with E-state index in [1.165, 1.54) is 0 Å². The smallest absolute Gasteiger partial charge is 0.0978 e. The van der Waals surface area contributed by atoms with Gasteiger partial charge in [0.1, 0.15) is 0 Å². The summed E-state index contributed by atoms with van der Waals surface area (Å²) in [7, 11) is 0. The predicted octanol–water partition coefficient (Wildman–Crippen LogP) is 18.5. The minimum Gasteiger partial charge on any atom is -0.246 e. The van der Waals surface area contributed by atoms with Gasteiger partial charge in [0.15, 0.2) is 0 Å². The molecule has 4 nitrogen and oxygen atoms in total. The first-order chi connectivity index (χ1) is 37.1. The Labute approximate surface area is 436 Å². The number of nitrogens with zero attached hydrogens (tertiary/aromatic N) is 4. The molecule has 4 heterocycles. The van der Waals surface area contributed by atoms with Crippen LogP contribution in [0.25, 0.3) is 135 Å². The molecule has 352 valence electrons. The van der Waals surface area contributed by atoms with Gasteiger partial charge in [-0.05, 0) is 111 Å². The van der Waals surface area contributed by atoms with E-state index in [2.05, 4.69) is 268 Å². The molecule has 0 aliphatic carbocycles. The molecule has 75 heavy (non-hydrogen) atoms. The quantitative estimate of drug-likeness (QED) is 0.128. The van der Waals surface area contributed by atoms with Crippen molar-refractivity contribution in [3.63, 3.8) is 0 Å². The van der Waals surface area contributed by atoms with Gasteiger partial charge in [-0.1, -0.05) is 231 Å². The van der Waals surface area contributed by atoms with Crippen molar-refractivity contribution < 1.29 is 0 Å². The van der Waals surface area contributed by atoms with Crippen LogP contribution in [0.1, 0.15) is 28.1 Å². The van der Waals surface area contributed by atoms with E-state index in [0.29, 0.717) is 0 Å². The number of aryl methyl sites for hydroxylation is 1. The number of benzene rings is 9. The molecule has 0 unspecified atom stereocenters. The van der Waals surface area contributed by atoms with Crippen molar-refractivity contribution in [2.75, 3.05) is 0 Å². The number of fused-ring (bicyclic) bond motifs is 6. The molecule has 0 saturated heterocycles. The van der Waals surface area contributed by atoms with Gasteiger partial charge in [-0.15, -0.1) is 0 Å². The summed E-state index contributed by atoms with van der Waals surface area (Å²) in [6, 6.07) is 87.6. The van der Waals surface area contributed by atoms with E-state index in [1.807, 2.05) is 12.1 Å². The Morgan fingerprint density at radius 2 is 0.587 bits per heavy atom. The minimum atomic E-state index is 0.855. The van der Waals surface area contributed by atoms with Crippen LogP contribution in [0.2, 0.25) is 0 Å². The maximum atomic E-state index is 5.61. The lowest BCUT2D eigenvalue weighted by atomic mass is 9.92. The van der Waals surface area contributed by atoms with Gasteiger partial charge in [0.25, 0.3) is 0 Å². The maximum Gasteiger partial charge on any atom is 0.0978 e. The molecule has 0 bridgehead atoms. The highest BCUT2D eigenvalue weighted by Crippen LogP contribution is 2.42. The second-order valence-corrected chi connectivity index (χ2v) is 19.0. The topological polar surface area (TPSA) is 51.6 Å². The minimum absolute atomic E-state index is 0.855. The largest absolute Gasteiger partial charge is 0.246 e. The van der Waals surface area contributed by atoms with Crippen LogP contribution in [0, 0.1) is 6.92 Å². The Hall–Kier alpha value is -9.90. The molecule has 0 atom stereocenters. The fourth-order valence-electron chi connectivity index (χ4n) is 10.5. The predicted molar refractivity (Wildman–Crippen MR) is 316 cm³/mol. The Balaban J connectivity index is 1.00. The third-order valence-electron chi connectivity index (χ3n) is 14.2. The van der Waals surface area contributed by atoms with E-state index >= 15 is 0 Å². The summed E-state index contributed by atoms with van der Waals surface area (Å²) in [5, 5.41) is 4.20. The normalized spacial score (nSPS) is 11.7. The molecule has 4 aromatic heterocycles. The van der Waals surface area contributed by atoms with Crippen LogP contribution >= 0.6 is 0 Å². The summed E-state index contributed by atoms with van der Waals surface area (Å²) in [6.45, 7) is 2.18.